The van der Waals surface area contributed by atoms with Crippen molar-refractivity contribution >= 4 is 48.6 Å². The first-order valence-corrected chi connectivity index (χ1v) is 8.95. The number of hydrogen-bond donors (Lipinski definition) is 3. The van der Waals surface area contributed by atoms with E-state index in [4.69, 9.17) is 5.11 Å². The van der Waals surface area contributed by atoms with E-state index in [1.807, 2.05) is 0 Å². The first-order valence-electron chi connectivity index (χ1n) is 4.98. The standard InChI is InChI=1S/C9H9BrN2O4S3/c10-8-7(1-6(3-13)18-8)19(15,16)11-2-5-4-17-9(14)12-5/h1,4,11,13H,2-3H2,(H,12,14). The van der Waals surface area contributed by atoms with Gasteiger partial charge in [-0.1, -0.05) is 11.3 Å². The fourth-order valence-electron chi connectivity index (χ4n) is 1.31. The molecule has 2 rings (SSSR count). The maximum atomic E-state index is 12.1. The zero-order chi connectivity index (χ0) is 14.0. The third kappa shape index (κ3) is 3.52. The highest BCUT2D eigenvalue weighted by Gasteiger charge is 2.20. The Kier molecular flexibility index (Phi) is 4.58. The second kappa shape index (κ2) is 5.85. The lowest BCUT2D eigenvalue weighted by atomic mass is 10.5. The van der Waals surface area contributed by atoms with E-state index < -0.39 is 10.0 Å². The van der Waals surface area contributed by atoms with Gasteiger partial charge in [0.2, 0.25) is 10.0 Å². The lowest BCUT2D eigenvalue weighted by Crippen LogP contribution is -2.23. The molecule has 0 saturated carbocycles. The second-order valence-corrected chi connectivity index (χ2v) is 8.54. The number of hydrogen-bond acceptors (Lipinski definition) is 6. The highest BCUT2D eigenvalue weighted by molar-refractivity contribution is 9.11. The molecule has 0 saturated heterocycles. The van der Waals surface area contributed by atoms with Crippen LogP contribution in [0.1, 0.15) is 10.6 Å². The van der Waals surface area contributed by atoms with Crippen LogP contribution < -0.4 is 9.60 Å². The topological polar surface area (TPSA) is 99.3 Å². The van der Waals surface area contributed by atoms with E-state index in [1.165, 1.54) is 6.07 Å². The lowest BCUT2D eigenvalue weighted by molar-refractivity contribution is 0.285. The maximum absolute atomic E-state index is 12.1. The molecule has 2 aromatic rings. The molecule has 10 heteroatoms. The summed E-state index contributed by atoms with van der Waals surface area (Å²) in [5.41, 5.74) is 0.507. The number of thiophene rings is 1. The molecule has 0 atom stereocenters. The van der Waals surface area contributed by atoms with Crippen molar-refractivity contribution in [2.24, 2.45) is 0 Å². The van der Waals surface area contributed by atoms with Crippen molar-refractivity contribution in [3.8, 4) is 0 Å². The van der Waals surface area contributed by atoms with Gasteiger partial charge in [0.1, 0.15) is 4.90 Å². The van der Waals surface area contributed by atoms with Gasteiger partial charge in [0, 0.05) is 16.0 Å². The van der Waals surface area contributed by atoms with E-state index in [-0.39, 0.29) is 22.9 Å². The van der Waals surface area contributed by atoms with E-state index in [2.05, 4.69) is 25.6 Å². The van der Waals surface area contributed by atoms with Crippen LogP contribution in [0.3, 0.4) is 0 Å². The van der Waals surface area contributed by atoms with Crippen molar-refractivity contribution in [2.45, 2.75) is 18.0 Å². The Labute approximate surface area is 125 Å². The second-order valence-electron chi connectivity index (χ2n) is 3.51. The van der Waals surface area contributed by atoms with E-state index in [1.54, 1.807) is 5.38 Å². The minimum absolute atomic E-state index is 0.0117. The monoisotopic (exact) mass is 384 g/mol. The van der Waals surface area contributed by atoms with Gasteiger partial charge in [-0.3, -0.25) is 4.79 Å². The molecule has 2 heterocycles. The van der Waals surface area contributed by atoms with Gasteiger partial charge < -0.3 is 10.1 Å². The molecule has 2 aromatic heterocycles. The minimum atomic E-state index is -3.68. The number of thiazole rings is 1. The van der Waals surface area contributed by atoms with E-state index in [9.17, 15) is 13.2 Å². The Morgan fingerprint density at radius 1 is 1.47 bits per heavy atom. The highest BCUT2D eigenvalue weighted by Crippen LogP contribution is 2.31. The molecule has 0 aliphatic rings. The van der Waals surface area contributed by atoms with Gasteiger partial charge in [-0.15, -0.1) is 11.3 Å². The Morgan fingerprint density at radius 3 is 2.74 bits per heavy atom. The summed E-state index contributed by atoms with van der Waals surface area (Å²) in [7, 11) is -3.68. The molecule has 19 heavy (non-hydrogen) atoms. The lowest BCUT2D eigenvalue weighted by Gasteiger charge is -2.03. The molecule has 0 spiro atoms. The van der Waals surface area contributed by atoms with Crippen LogP contribution in [0.4, 0.5) is 0 Å². The number of aromatic amines is 1. The minimum Gasteiger partial charge on any atom is -0.391 e. The van der Waals surface area contributed by atoms with Gasteiger partial charge in [-0.2, -0.15) is 0 Å². The smallest absolute Gasteiger partial charge is 0.304 e. The highest BCUT2D eigenvalue weighted by atomic mass is 79.9. The molecular formula is C9H9BrN2O4S3. The van der Waals surface area contributed by atoms with Gasteiger partial charge in [0.15, 0.2) is 0 Å². The number of rotatable bonds is 5. The van der Waals surface area contributed by atoms with Crippen LogP contribution in [0, 0.1) is 0 Å². The van der Waals surface area contributed by atoms with Crippen LogP contribution in [0.25, 0.3) is 0 Å². The van der Waals surface area contributed by atoms with Crippen LogP contribution in [0.5, 0.6) is 0 Å². The first kappa shape index (κ1) is 14.9. The summed E-state index contributed by atoms with van der Waals surface area (Å²) in [4.78, 5) is 13.9. The van der Waals surface area contributed by atoms with Gasteiger partial charge in [-0.25, -0.2) is 13.1 Å². The van der Waals surface area contributed by atoms with Crippen molar-refractivity contribution < 1.29 is 13.5 Å². The molecule has 0 fully saturated rings. The predicted molar refractivity (Wildman–Crippen MR) is 76.9 cm³/mol. The molecule has 0 radical (unpaired) electrons. The average molecular weight is 385 g/mol. The fraction of sp³-hybridized carbons (Fsp3) is 0.222. The van der Waals surface area contributed by atoms with Crippen molar-refractivity contribution in [3.63, 3.8) is 0 Å². The molecule has 0 amide bonds. The van der Waals surface area contributed by atoms with Crippen molar-refractivity contribution in [2.75, 3.05) is 0 Å². The Bertz CT molecular complexity index is 731. The molecule has 3 N–H and O–H groups in total. The van der Waals surface area contributed by atoms with Gasteiger partial charge in [0.25, 0.3) is 0 Å². The van der Waals surface area contributed by atoms with Gasteiger partial charge in [-0.05, 0) is 22.0 Å². The molecule has 0 bridgehead atoms. The largest absolute Gasteiger partial charge is 0.391 e. The predicted octanol–water partition coefficient (Wildman–Crippen LogP) is 1.23. The van der Waals surface area contributed by atoms with Crippen LogP contribution in [-0.2, 0) is 23.2 Å². The number of H-pyrrole nitrogens is 1. The van der Waals surface area contributed by atoms with Crippen molar-refractivity contribution in [3.05, 3.63) is 35.5 Å². The summed E-state index contributed by atoms with van der Waals surface area (Å²) in [6.07, 6.45) is 0. The number of nitrogens with one attached hydrogen (secondary N) is 2. The maximum Gasteiger partial charge on any atom is 0.304 e. The summed E-state index contributed by atoms with van der Waals surface area (Å²) < 4.78 is 26.9. The van der Waals surface area contributed by atoms with Crippen molar-refractivity contribution in [1.82, 2.24) is 9.71 Å². The van der Waals surface area contributed by atoms with Crippen molar-refractivity contribution in [1.29, 1.82) is 0 Å². The number of aliphatic hydroxyl groups excluding tert-OH is 1. The summed E-state index contributed by atoms with van der Waals surface area (Å²) in [5, 5.41) is 10.5. The average Bonchev–Trinajstić information content (AvgIpc) is 2.93. The van der Waals surface area contributed by atoms with Crippen LogP contribution in [-0.4, -0.2) is 18.5 Å². The van der Waals surface area contributed by atoms with E-state index >= 15 is 0 Å². The Hall–Kier alpha value is -0.520. The third-order valence-electron chi connectivity index (χ3n) is 2.18. The number of aromatic nitrogens is 1. The number of aliphatic hydroxyl groups is 1. The summed E-state index contributed by atoms with van der Waals surface area (Å²) in [6, 6.07) is 1.41. The molecular weight excluding hydrogens is 376 g/mol. The van der Waals surface area contributed by atoms with E-state index in [0.717, 1.165) is 22.7 Å². The van der Waals surface area contributed by atoms with Gasteiger partial charge in [0.05, 0.1) is 16.9 Å². The van der Waals surface area contributed by atoms with Crippen LogP contribution >= 0.6 is 38.6 Å². The van der Waals surface area contributed by atoms with E-state index in [0.29, 0.717) is 14.4 Å². The Balaban J connectivity index is 2.18. The SMILES string of the molecule is O=c1[nH]c(CNS(=O)(=O)c2cc(CO)sc2Br)cs1. The number of sulfonamides is 1. The molecule has 0 unspecified atom stereocenters. The third-order valence-corrected chi connectivity index (χ3v) is 6.53. The summed E-state index contributed by atoms with van der Waals surface area (Å²) in [6.45, 7) is -0.200. The zero-order valence-corrected chi connectivity index (χ0v) is 13.4. The molecule has 0 aliphatic carbocycles. The van der Waals surface area contributed by atoms with Crippen LogP contribution in [0.15, 0.2) is 24.9 Å². The quantitative estimate of drug-likeness (QED) is 0.721. The fourth-order valence-corrected chi connectivity index (χ4v) is 5.44. The number of halogens is 1. The van der Waals surface area contributed by atoms with Crippen LogP contribution in [0.2, 0.25) is 0 Å². The van der Waals surface area contributed by atoms with Gasteiger partial charge >= 0.3 is 4.87 Å². The molecule has 0 aliphatic heterocycles. The zero-order valence-electron chi connectivity index (χ0n) is 9.34. The summed E-state index contributed by atoms with van der Waals surface area (Å²) >= 11 is 5.29. The summed E-state index contributed by atoms with van der Waals surface area (Å²) in [5.74, 6) is 0. The first-order chi connectivity index (χ1) is 8.92. The molecule has 0 aromatic carbocycles. The molecule has 6 nitrogen and oxygen atoms in total. The molecule has 104 valence electrons. The normalized spacial score (nSPS) is 11.9. The Morgan fingerprint density at radius 2 is 2.21 bits per heavy atom.